The Bertz CT molecular complexity index is 697. The van der Waals surface area contributed by atoms with Crippen molar-refractivity contribution in [2.45, 2.75) is 12.8 Å². The first-order valence-corrected chi connectivity index (χ1v) is 8.61. The second-order valence-corrected chi connectivity index (χ2v) is 6.04. The molecule has 0 spiro atoms. The summed E-state index contributed by atoms with van der Waals surface area (Å²) in [5, 5.41) is 6.09. The molecular weight excluding hydrogens is 316 g/mol. The molecule has 0 bridgehead atoms. The van der Waals surface area contributed by atoms with E-state index in [1.165, 1.54) is 18.5 Å². The molecule has 1 aliphatic heterocycles. The first-order valence-electron chi connectivity index (χ1n) is 8.61. The second kappa shape index (κ2) is 8.48. The fraction of sp³-hybridized carbons (Fsp3) is 0.368. The Morgan fingerprint density at radius 3 is 2.64 bits per heavy atom. The van der Waals surface area contributed by atoms with Gasteiger partial charge in [0, 0.05) is 50.0 Å². The molecule has 132 valence electrons. The summed E-state index contributed by atoms with van der Waals surface area (Å²) in [6.07, 6.45) is 4.12. The molecule has 1 aliphatic rings. The third-order valence-corrected chi connectivity index (χ3v) is 4.22. The summed E-state index contributed by atoms with van der Waals surface area (Å²) in [5.41, 5.74) is 3.21. The Balaban J connectivity index is 1.60. The van der Waals surface area contributed by atoms with Crippen LogP contribution in [0.15, 0.2) is 42.6 Å². The minimum absolute atomic E-state index is 0.218. The van der Waals surface area contributed by atoms with E-state index in [0.717, 1.165) is 24.5 Å². The molecule has 6 heteroatoms. The number of aromatic nitrogens is 1. The van der Waals surface area contributed by atoms with Gasteiger partial charge in [-0.2, -0.15) is 0 Å². The van der Waals surface area contributed by atoms with E-state index in [-0.39, 0.29) is 5.91 Å². The van der Waals surface area contributed by atoms with E-state index < -0.39 is 0 Å². The topological polar surface area (TPSA) is 66.5 Å². The summed E-state index contributed by atoms with van der Waals surface area (Å²) in [5.74, 6) is -0.218. The molecule has 1 saturated heterocycles. The van der Waals surface area contributed by atoms with Crippen LogP contribution in [0.1, 0.15) is 23.3 Å². The molecule has 0 saturated carbocycles. The highest BCUT2D eigenvalue weighted by molar-refractivity contribution is 6.03. The maximum Gasteiger partial charge on any atom is 0.274 e. The van der Waals surface area contributed by atoms with Gasteiger partial charge in [0.05, 0.1) is 6.61 Å². The fourth-order valence-corrected chi connectivity index (χ4v) is 2.89. The van der Waals surface area contributed by atoms with Crippen LogP contribution in [-0.4, -0.2) is 44.2 Å². The summed E-state index contributed by atoms with van der Waals surface area (Å²) < 4.78 is 5.01. The van der Waals surface area contributed by atoms with E-state index in [4.69, 9.17) is 4.74 Å². The van der Waals surface area contributed by atoms with Gasteiger partial charge in [0.1, 0.15) is 5.69 Å². The lowest BCUT2D eigenvalue weighted by atomic mass is 10.2. The lowest BCUT2D eigenvalue weighted by Crippen LogP contribution is -2.18. The van der Waals surface area contributed by atoms with E-state index >= 15 is 0 Å². The molecule has 1 aromatic carbocycles. The summed E-state index contributed by atoms with van der Waals surface area (Å²) in [6, 6.07) is 11.5. The number of ether oxygens (including phenoxy) is 1. The molecular formula is C19H24N4O2. The molecule has 0 aliphatic carbocycles. The van der Waals surface area contributed by atoms with Crippen LogP contribution in [0, 0.1) is 0 Å². The summed E-state index contributed by atoms with van der Waals surface area (Å²) >= 11 is 0. The smallest absolute Gasteiger partial charge is 0.274 e. The monoisotopic (exact) mass is 340 g/mol. The Kier molecular flexibility index (Phi) is 5.85. The van der Waals surface area contributed by atoms with Gasteiger partial charge in [0.2, 0.25) is 0 Å². The van der Waals surface area contributed by atoms with Gasteiger partial charge in [-0.05, 0) is 49.2 Å². The maximum absolute atomic E-state index is 12.4. The zero-order chi connectivity index (χ0) is 17.5. The quantitative estimate of drug-likeness (QED) is 0.759. The molecule has 1 amide bonds. The first kappa shape index (κ1) is 17.2. The molecule has 6 nitrogen and oxygen atoms in total. The van der Waals surface area contributed by atoms with Gasteiger partial charge in [0.15, 0.2) is 0 Å². The van der Waals surface area contributed by atoms with Crippen molar-refractivity contribution in [3.05, 3.63) is 48.3 Å². The molecule has 2 N–H and O–H groups in total. The number of hydrogen-bond donors (Lipinski definition) is 2. The van der Waals surface area contributed by atoms with Crippen LogP contribution < -0.4 is 15.5 Å². The van der Waals surface area contributed by atoms with Crippen LogP contribution in [0.3, 0.4) is 0 Å². The molecule has 3 rings (SSSR count). The summed E-state index contributed by atoms with van der Waals surface area (Å²) in [7, 11) is 1.65. The number of carbonyl (C=O) groups excluding carboxylic acids is 1. The van der Waals surface area contributed by atoms with E-state index in [9.17, 15) is 4.79 Å². The molecule has 0 atom stereocenters. The Morgan fingerprint density at radius 1 is 1.16 bits per heavy atom. The number of rotatable bonds is 7. The molecule has 0 unspecified atom stereocenters. The van der Waals surface area contributed by atoms with E-state index in [2.05, 4.69) is 32.7 Å². The molecule has 1 aromatic heterocycles. The number of carbonyl (C=O) groups is 1. The number of amides is 1. The number of benzene rings is 1. The fourth-order valence-electron chi connectivity index (χ4n) is 2.89. The number of nitrogens with zero attached hydrogens (tertiary/aromatic N) is 2. The van der Waals surface area contributed by atoms with E-state index in [1.807, 2.05) is 18.2 Å². The molecule has 2 aromatic rings. The van der Waals surface area contributed by atoms with Crippen molar-refractivity contribution in [2.75, 3.05) is 48.9 Å². The van der Waals surface area contributed by atoms with Gasteiger partial charge >= 0.3 is 0 Å². The van der Waals surface area contributed by atoms with Gasteiger partial charge in [0.25, 0.3) is 5.91 Å². The number of pyridine rings is 1. The summed E-state index contributed by atoms with van der Waals surface area (Å²) in [4.78, 5) is 18.9. The zero-order valence-electron chi connectivity index (χ0n) is 14.5. The Morgan fingerprint density at radius 2 is 1.92 bits per heavy atom. The SMILES string of the molecule is COCCNc1ccnc(C(=O)Nc2ccc(N3CCCC3)cc2)c1. The number of methoxy groups -OCH3 is 1. The number of hydrogen-bond acceptors (Lipinski definition) is 5. The molecule has 1 fully saturated rings. The lowest BCUT2D eigenvalue weighted by Gasteiger charge is -2.17. The minimum atomic E-state index is -0.218. The second-order valence-electron chi connectivity index (χ2n) is 6.04. The van der Waals surface area contributed by atoms with E-state index in [1.54, 1.807) is 19.4 Å². The van der Waals surface area contributed by atoms with E-state index in [0.29, 0.717) is 18.8 Å². The van der Waals surface area contributed by atoms with Gasteiger partial charge in [-0.15, -0.1) is 0 Å². The average molecular weight is 340 g/mol. The van der Waals surface area contributed by atoms with Gasteiger partial charge in [-0.25, -0.2) is 0 Å². The third kappa shape index (κ3) is 4.70. The highest BCUT2D eigenvalue weighted by Crippen LogP contribution is 2.22. The van der Waals surface area contributed by atoms with Crippen LogP contribution >= 0.6 is 0 Å². The van der Waals surface area contributed by atoms with Crippen molar-refractivity contribution in [3.8, 4) is 0 Å². The highest BCUT2D eigenvalue weighted by atomic mass is 16.5. The molecule has 25 heavy (non-hydrogen) atoms. The average Bonchev–Trinajstić information content (AvgIpc) is 3.17. The van der Waals surface area contributed by atoms with Crippen molar-refractivity contribution in [3.63, 3.8) is 0 Å². The maximum atomic E-state index is 12.4. The van der Waals surface area contributed by atoms with Gasteiger partial charge < -0.3 is 20.3 Å². The van der Waals surface area contributed by atoms with Crippen molar-refractivity contribution < 1.29 is 9.53 Å². The van der Waals surface area contributed by atoms with Crippen LogP contribution in [0.25, 0.3) is 0 Å². The standard InChI is InChI=1S/C19H24N4O2/c1-25-13-10-20-16-8-9-21-18(14-16)19(24)22-15-4-6-17(7-5-15)23-11-2-3-12-23/h4-9,14H,2-3,10-13H2,1H3,(H,20,21)(H,22,24). The van der Waals surface area contributed by atoms with Crippen LogP contribution in [-0.2, 0) is 4.74 Å². The van der Waals surface area contributed by atoms with Gasteiger partial charge in [-0.3, -0.25) is 9.78 Å². The van der Waals surface area contributed by atoms with Crippen molar-refractivity contribution in [2.24, 2.45) is 0 Å². The normalized spacial score (nSPS) is 13.7. The van der Waals surface area contributed by atoms with Gasteiger partial charge in [-0.1, -0.05) is 0 Å². The first-order chi connectivity index (χ1) is 12.3. The predicted octanol–water partition coefficient (Wildman–Crippen LogP) is 2.99. The highest BCUT2D eigenvalue weighted by Gasteiger charge is 2.13. The lowest BCUT2D eigenvalue weighted by molar-refractivity contribution is 0.102. The summed E-state index contributed by atoms with van der Waals surface area (Å²) in [6.45, 7) is 3.50. The third-order valence-electron chi connectivity index (χ3n) is 4.22. The number of anilines is 3. The van der Waals surface area contributed by atoms with Crippen molar-refractivity contribution in [1.29, 1.82) is 0 Å². The van der Waals surface area contributed by atoms with Crippen molar-refractivity contribution in [1.82, 2.24) is 4.98 Å². The van der Waals surface area contributed by atoms with Crippen LogP contribution in [0.5, 0.6) is 0 Å². The Hall–Kier alpha value is -2.60. The van der Waals surface area contributed by atoms with Crippen LogP contribution in [0.4, 0.5) is 17.1 Å². The number of nitrogens with one attached hydrogen (secondary N) is 2. The molecule has 0 radical (unpaired) electrons. The predicted molar refractivity (Wildman–Crippen MR) is 100 cm³/mol. The van der Waals surface area contributed by atoms with Crippen molar-refractivity contribution >= 4 is 23.0 Å². The minimum Gasteiger partial charge on any atom is -0.383 e. The zero-order valence-corrected chi connectivity index (χ0v) is 14.5. The Labute approximate surface area is 148 Å². The van der Waals surface area contributed by atoms with Crippen LogP contribution in [0.2, 0.25) is 0 Å². The largest absolute Gasteiger partial charge is 0.383 e. The molecule has 2 heterocycles.